The molecule has 2 rings (SSSR count). The van der Waals surface area contributed by atoms with E-state index in [1.807, 2.05) is 27.0 Å². The molecule has 90 valence electrons. The second-order valence-corrected chi connectivity index (χ2v) is 4.95. The van der Waals surface area contributed by atoms with Gasteiger partial charge in [0.1, 0.15) is 0 Å². The van der Waals surface area contributed by atoms with Gasteiger partial charge in [-0.1, -0.05) is 27.5 Å². The molecular weight excluding hydrogens is 302 g/mol. The van der Waals surface area contributed by atoms with E-state index in [1.165, 1.54) is 0 Å². The second kappa shape index (κ2) is 4.78. The highest BCUT2D eigenvalue weighted by Gasteiger charge is 2.13. The van der Waals surface area contributed by atoms with E-state index in [2.05, 4.69) is 32.1 Å². The van der Waals surface area contributed by atoms with Crippen LogP contribution in [0.2, 0.25) is 5.02 Å². The average Bonchev–Trinajstić information content (AvgIpc) is 2.57. The maximum Gasteiger partial charge on any atom is 0.156 e. The van der Waals surface area contributed by atoms with Gasteiger partial charge in [0.15, 0.2) is 5.82 Å². The molecule has 0 radical (unpaired) electrons. The number of aromatic nitrogens is 3. The molecule has 17 heavy (non-hydrogen) atoms. The first-order chi connectivity index (χ1) is 8.04. The second-order valence-electron chi connectivity index (χ2n) is 4.01. The van der Waals surface area contributed by atoms with Gasteiger partial charge in [-0.25, -0.2) is 9.67 Å². The summed E-state index contributed by atoms with van der Waals surface area (Å²) in [6, 6.07) is 2.10. The van der Waals surface area contributed by atoms with E-state index in [0.717, 1.165) is 33.7 Å². The Bertz CT molecular complexity index is 563. The molecule has 2 aromatic rings. The fourth-order valence-electron chi connectivity index (χ4n) is 1.75. The average molecular weight is 315 g/mol. The summed E-state index contributed by atoms with van der Waals surface area (Å²) in [5, 5.41) is 5.92. The molecule has 0 aliphatic rings. The van der Waals surface area contributed by atoms with E-state index in [1.54, 1.807) is 4.68 Å². The van der Waals surface area contributed by atoms with Crippen LogP contribution in [0.5, 0.6) is 0 Å². The fraction of sp³-hybridized carbons (Fsp3) is 0.333. The van der Waals surface area contributed by atoms with E-state index in [-0.39, 0.29) is 0 Å². The summed E-state index contributed by atoms with van der Waals surface area (Å²) in [5.41, 5.74) is 3.99. The van der Waals surface area contributed by atoms with Crippen LogP contribution in [0.1, 0.15) is 22.5 Å². The summed E-state index contributed by atoms with van der Waals surface area (Å²) < 4.78 is 1.80. The zero-order valence-corrected chi connectivity index (χ0v) is 12.3. The summed E-state index contributed by atoms with van der Waals surface area (Å²) in [4.78, 5) is 4.45. The van der Waals surface area contributed by atoms with Crippen LogP contribution in [0.25, 0.3) is 5.82 Å². The lowest BCUT2D eigenvalue weighted by atomic mass is 10.2. The highest BCUT2D eigenvalue weighted by Crippen LogP contribution is 2.23. The molecule has 0 amide bonds. The molecule has 0 saturated carbocycles. The predicted octanol–water partition coefficient (Wildman–Crippen LogP) is 3.74. The van der Waals surface area contributed by atoms with E-state index < -0.39 is 0 Å². The SMILES string of the molecule is Cc1cc(CBr)cnc1-n1nc(C)c(Cl)c1C. The Morgan fingerprint density at radius 2 is 2.06 bits per heavy atom. The molecule has 0 unspecified atom stereocenters. The predicted molar refractivity (Wildman–Crippen MR) is 73.2 cm³/mol. The van der Waals surface area contributed by atoms with Crippen molar-refractivity contribution in [3.8, 4) is 5.82 Å². The van der Waals surface area contributed by atoms with Crippen molar-refractivity contribution in [1.82, 2.24) is 14.8 Å². The van der Waals surface area contributed by atoms with Gasteiger partial charge in [-0.15, -0.1) is 0 Å². The monoisotopic (exact) mass is 313 g/mol. The summed E-state index contributed by atoms with van der Waals surface area (Å²) in [6.07, 6.45) is 1.85. The van der Waals surface area contributed by atoms with Crippen LogP contribution in [0.15, 0.2) is 12.3 Å². The lowest BCUT2D eigenvalue weighted by Crippen LogP contribution is -2.05. The van der Waals surface area contributed by atoms with Crippen molar-refractivity contribution in [3.05, 3.63) is 39.8 Å². The number of hydrogen-bond donors (Lipinski definition) is 0. The Kier molecular flexibility index (Phi) is 3.54. The van der Waals surface area contributed by atoms with Crippen LogP contribution in [-0.2, 0) is 5.33 Å². The van der Waals surface area contributed by atoms with Gasteiger partial charge in [-0.3, -0.25) is 0 Å². The van der Waals surface area contributed by atoms with E-state index >= 15 is 0 Å². The summed E-state index contributed by atoms with van der Waals surface area (Å²) in [7, 11) is 0. The lowest BCUT2D eigenvalue weighted by molar-refractivity contribution is 0.797. The maximum absolute atomic E-state index is 6.14. The first-order valence-corrected chi connectivity index (χ1v) is 6.78. The molecule has 2 heterocycles. The molecule has 0 saturated heterocycles. The molecule has 0 aliphatic heterocycles. The Morgan fingerprint density at radius 1 is 1.35 bits per heavy atom. The normalized spacial score (nSPS) is 10.9. The number of halogens is 2. The third-order valence-corrected chi connectivity index (χ3v) is 3.86. The third kappa shape index (κ3) is 2.24. The minimum atomic E-state index is 0.704. The van der Waals surface area contributed by atoms with Crippen molar-refractivity contribution in [2.45, 2.75) is 26.1 Å². The van der Waals surface area contributed by atoms with Crippen molar-refractivity contribution in [2.24, 2.45) is 0 Å². The number of rotatable bonds is 2. The van der Waals surface area contributed by atoms with Crippen LogP contribution in [0.3, 0.4) is 0 Å². The number of nitrogens with zero attached hydrogens (tertiary/aromatic N) is 3. The highest BCUT2D eigenvalue weighted by atomic mass is 79.9. The first kappa shape index (κ1) is 12.6. The van der Waals surface area contributed by atoms with Crippen LogP contribution in [0.4, 0.5) is 0 Å². The highest BCUT2D eigenvalue weighted by molar-refractivity contribution is 9.08. The first-order valence-electron chi connectivity index (χ1n) is 5.28. The maximum atomic E-state index is 6.14. The van der Waals surface area contributed by atoms with Crippen molar-refractivity contribution < 1.29 is 0 Å². The minimum Gasteiger partial charge on any atom is -0.237 e. The molecule has 0 N–H and O–H groups in total. The zero-order chi connectivity index (χ0) is 12.6. The minimum absolute atomic E-state index is 0.704. The molecule has 0 aromatic carbocycles. The number of aryl methyl sites for hydroxylation is 2. The number of pyridine rings is 1. The van der Waals surface area contributed by atoms with Gasteiger partial charge < -0.3 is 0 Å². The van der Waals surface area contributed by atoms with Crippen molar-refractivity contribution >= 4 is 27.5 Å². The van der Waals surface area contributed by atoms with Crippen LogP contribution in [-0.4, -0.2) is 14.8 Å². The summed E-state index contributed by atoms with van der Waals surface area (Å²) in [5.74, 6) is 0.835. The van der Waals surface area contributed by atoms with Gasteiger partial charge in [-0.05, 0) is 38.0 Å². The molecule has 0 aliphatic carbocycles. The molecule has 2 aromatic heterocycles. The van der Waals surface area contributed by atoms with Crippen molar-refractivity contribution in [2.75, 3.05) is 0 Å². The molecular formula is C12H13BrClN3. The van der Waals surface area contributed by atoms with E-state index in [9.17, 15) is 0 Å². The topological polar surface area (TPSA) is 30.7 Å². The van der Waals surface area contributed by atoms with Crippen LogP contribution in [0, 0.1) is 20.8 Å². The van der Waals surface area contributed by atoms with Gasteiger partial charge >= 0.3 is 0 Å². The number of alkyl halides is 1. The summed E-state index contributed by atoms with van der Waals surface area (Å²) in [6.45, 7) is 5.87. The van der Waals surface area contributed by atoms with Crippen molar-refractivity contribution in [3.63, 3.8) is 0 Å². The van der Waals surface area contributed by atoms with Gasteiger partial charge in [0.25, 0.3) is 0 Å². The Labute approximate surface area is 114 Å². The van der Waals surface area contributed by atoms with Gasteiger partial charge in [-0.2, -0.15) is 5.10 Å². The molecule has 0 atom stereocenters. The van der Waals surface area contributed by atoms with Gasteiger partial charge in [0.05, 0.1) is 16.4 Å². The Hall–Kier alpha value is -0.870. The Balaban J connectivity index is 2.57. The van der Waals surface area contributed by atoms with Gasteiger partial charge in [0.2, 0.25) is 0 Å². The quantitative estimate of drug-likeness (QED) is 0.791. The molecule has 0 fully saturated rings. The smallest absolute Gasteiger partial charge is 0.156 e. The molecule has 0 bridgehead atoms. The lowest BCUT2D eigenvalue weighted by Gasteiger charge is -2.08. The largest absolute Gasteiger partial charge is 0.237 e. The van der Waals surface area contributed by atoms with Crippen molar-refractivity contribution in [1.29, 1.82) is 0 Å². The zero-order valence-electron chi connectivity index (χ0n) is 9.96. The number of hydrogen-bond acceptors (Lipinski definition) is 2. The van der Waals surface area contributed by atoms with Crippen LogP contribution < -0.4 is 0 Å². The van der Waals surface area contributed by atoms with E-state index in [4.69, 9.17) is 11.6 Å². The third-order valence-electron chi connectivity index (χ3n) is 2.67. The van der Waals surface area contributed by atoms with E-state index in [0.29, 0.717) is 5.02 Å². The van der Waals surface area contributed by atoms with Gasteiger partial charge in [0, 0.05) is 11.5 Å². The molecule has 5 heteroatoms. The summed E-state index contributed by atoms with van der Waals surface area (Å²) >= 11 is 9.56. The fourth-order valence-corrected chi connectivity index (χ4v) is 2.17. The Morgan fingerprint density at radius 3 is 2.53 bits per heavy atom. The molecule has 3 nitrogen and oxygen atoms in total. The molecule has 0 spiro atoms. The van der Waals surface area contributed by atoms with Crippen LogP contribution >= 0.6 is 27.5 Å². The standard InChI is InChI=1S/C12H13BrClN3/c1-7-4-10(5-13)6-15-12(7)17-9(3)11(14)8(2)16-17/h4,6H,5H2,1-3H3.